The van der Waals surface area contributed by atoms with E-state index in [0.717, 1.165) is 29.8 Å². The lowest BCUT2D eigenvalue weighted by molar-refractivity contribution is -0.123. The molecule has 2 aromatic rings. The fourth-order valence-electron chi connectivity index (χ4n) is 3.45. The molecule has 3 rings (SSSR count). The van der Waals surface area contributed by atoms with E-state index in [0.29, 0.717) is 54.4 Å². The Hall–Kier alpha value is -2.58. The van der Waals surface area contributed by atoms with Crippen molar-refractivity contribution in [2.24, 2.45) is 5.10 Å². The summed E-state index contributed by atoms with van der Waals surface area (Å²) in [6.45, 7) is 9.57. The third-order valence-corrected chi connectivity index (χ3v) is 5.80. The van der Waals surface area contributed by atoms with Crippen LogP contribution in [0.25, 0.3) is 0 Å². The monoisotopic (exact) mass is 505 g/mol. The van der Waals surface area contributed by atoms with Gasteiger partial charge in [0.25, 0.3) is 5.91 Å². The largest absolute Gasteiger partial charge is 0.490 e. The summed E-state index contributed by atoms with van der Waals surface area (Å²) < 4.78 is 17.3. The maximum Gasteiger partial charge on any atom is 0.254 e. The molecule has 34 heavy (non-hydrogen) atoms. The summed E-state index contributed by atoms with van der Waals surface area (Å²) in [6, 6.07) is 9.15. The molecule has 0 unspecified atom stereocenters. The van der Waals surface area contributed by atoms with E-state index in [1.165, 1.54) is 0 Å². The summed E-state index contributed by atoms with van der Waals surface area (Å²) in [4.78, 5) is 14.2. The van der Waals surface area contributed by atoms with Crippen LogP contribution in [0.4, 0.5) is 0 Å². The van der Waals surface area contributed by atoms with Crippen molar-refractivity contribution in [2.45, 2.75) is 20.0 Å². The molecular formula is C25H29Cl2N3O4. The van der Waals surface area contributed by atoms with Crippen LogP contribution in [0.1, 0.15) is 23.6 Å². The van der Waals surface area contributed by atoms with E-state index in [4.69, 9.17) is 37.4 Å². The van der Waals surface area contributed by atoms with Gasteiger partial charge in [0.1, 0.15) is 6.61 Å². The molecule has 1 saturated heterocycles. The number of carbonyl (C=O) groups is 1. The molecule has 2 aromatic carbocycles. The Morgan fingerprint density at radius 1 is 1.21 bits per heavy atom. The van der Waals surface area contributed by atoms with Gasteiger partial charge in [-0.2, -0.15) is 5.10 Å². The third-order valence-electron chi connectivity index (χ3n) is 5.06. The lowest BCUT2D eigenvalue weighted by Crippen LogP contribution is -2.42. The average Bonchev–Trinajstić information content (AvgIpc) is 2.82. The zero-order valence-electron chi connectivity index (χ0n) is 19.2. The van der Waals surface area contributed by atoms with Crippen molar-refractivity contribution in [3.63, 3.8) is 0 Å². The van der Waals surface area contributed by atoms with Crippen molar-refractivity contribution in [2.75, 3.05) is 39.5 Å². The molecule has 1 aliphatic heterocycles. The van der Waals surface area contributed by atoms with Gasteiger partial charge in [-0.15, -0.1) is 6.58 Å². The molecule has 1 heterocycles. The van der Waals surface area contributed by atoms with E-state index in [1.807, 2.05) is 30.0 Å². The first-order chi connectivity index (χ1) is 16.5. The lowest BCUT2D eigenvalue weighted by Gasteiger charge is -2.25. The minimum atomic E-state index is -0.170. The van der Waals surface area contributed by atoms with Gasteiger partial charge >= 0.3 is 0 Å². The Balaban J connectivity index is 1.72. The van der Waals surface area contributed by atoms with Crippen LogP contribution in [0.15, 0.2) is 48.1 Å². The van der Waals surface area contributed by atoms with E-state index in [9.17, 15) is 4.79 Å². The van der Waals surface area contributed by atoms with Crippen LogP contribution in [0.2, 0.25) is 10.0 Å². The number of ether oxygens (including phenoxy) is 3. The topological polar surface area (TPSA) is 72.4 Å². The Labute approximate surface area is 210 Å². The molecule has 0 aromatic heterocycles. The van der Waals surface area contributed by atoms with Crippen molar-refractivity contribution in [1.29, 1.82) is 0 Å². The standard InChI is InChI=1S/C25H29Cl2N3O4/c1-3-5-20-12-19(15-28-29-24(31)16-30-8-10-32-11-9-30)14-23(33-4-2)25(20)34-17-18-6-7-21(26)22(27)13-18/h3,6-7,12-15H,1,4-5,8-11,16-17H2,2H3,(H,29,31)/b28-15+. The fourth-order valence-corrected chi connectivity index (χ4v) is 3.77. The zero-order valence-corrected chi connectivity index (χ0v) is 20.7. The molecule has 0 aliphatic carbocycles. The summed E-state index contributed by atoms with van der Waals surface area (Å²) in [5.74, 6) is 1.04. The summed E-state index contributed by atoms with van der Waals surface area (Å²) in [6.07, 6.45) is 3.96. The van der Waals surface area contributed by atoms with Crippen LogP contribution in [-0.2, 0) is 22.6 Å². The van der Waals surface area contributed by atoms with Crippen LogP contribution in [-0.4, -0.2) is 56.5 Å². The molecular weight excluding hydrogens is 477 g/mol. The van der Waals surface area contributed by atoms with Crippen LogP contribution < -0.4 is 14.9 Å². The smallest absolute Gasteiger partial charge is 0.254 e. The van der Waals surface area contributed by atoms with E-state index >= 15 is 0 Å². The van der Waals surface area contributed by atoms with Crippen molar-refractivity contribution >= 4 is 35.3 Å². The van der Waals surface area contributed by atoms with Crippen LogP contribution in [0, 0.1) is 0 Å². The van der Waals surface area contributed by atoms with Gasteiger partial charge in [0.15, 0.2) is 11.5 Å². The normalized spacial score (nSPS) is 14.2. The van der Waals surface area contributed by atoms with Crippen LogP contribution in [0.3, 0.4) is 0 Å². The van der Waals surface area contributed by atoms with Crippen LogP contribution in [0.5, 0.6) is 11.5 Å². The van der Waals surface area contributed by atoms with Crippen molar-refractivity contribution in [1.82, 2.24) is 10.3 Å². The highest BCUT2D eigenvalue weighted by molar-refractivity contribution is 6.42. The molecule has 182 valence electrons. The minimum absolute atomic E-state index is 0.170. The Kier molecular flexibility index (Phi) is 10.2. The maximum atomic E-state index is 12.2. The number of hydrogen-bond donors (Lipinski definition) is 1. The second kappa shape index (κ2) is 13.3. The van der Waals surface area contributed by atoms with Gasteiger partial charge in [-0.05, 0) is 48.7 Å². The average molecular weight is 506 g/mol. The van der Waals surface area contributed by atoms with Crippen molar-refractivity contribution in [3.05, 3.63) is 69.7 Å². The number of halogens is 2. The number of rotatable bonds is 11. The van der Waals surface area contributed by atoms with Gasteiger partial charge in [-0.25, -0.2) is 5.43 Å². The van der Waals surface area contributed by atoms with E-state index < -0.39 is 0 Å². The first-order valence-electron chi connectivity index (χ1n) is 11.1. The second-order valence-corrected chi connectivity index (χ2v) is 8.47. The van der Waals surface area contributed by atoms with Gasteiger partial charge in [0.2, 0.25) is 0 Å². The molecule has 1 aliphatic rings. The molecule has 0 spiro atoms. The number of nitrogens with one attached hydrogen (secondary N) is 1. The maximum absolute atomic E-state index is 12.2. The van der Waals surface area contributed by atoms with Gasteiger partial charge < -0.3 is 14.2 Å². The lowest BCUT2D eigenvalue weighted by atomic mass is 10.1. The first-order valence-corrected chi connectivity index (χ1v) is 11.8. The highest BCUT2D eigenvalue weighted by atomic mass is 35.5. The van der Waals surface area contributed by atoms with Crippen molar-refractivity contribution in [3.8, 4) is 11.5 Å². The Bertz CT molecular complexity index is 1020. The van der Waals surface area contributed by atoms with Gasteiger partial charge in [-0.1, -0.05) is 35.3 Å². The van der Waals surface area contributed by atoms with Crippen molar-refractivity contribution < 1.29 is 19.0 Å². The second-order valence-electron chi connectivity index (χ2n) is 7.65. The molecule has 0 saturated carbocycles. The first kappa shape index (κ1) is 26.0. The summed E-state index contributed by atoms with van der Waals surface area (Å²) in [7, 11) is 0. The number of amides is 1. The molecule has 1 amide bonds. The summed E-state index contributed by atoms with van der Waals surface area (Å²) >= 11 is 12.1. The predicted octanol–water partition coefficient (Wildman–Crippen LogP) is 4.48. The summed E-state index contributed by atoms with van der Waals surface area (Å²) in [5.41, 5.74) is 5.13. The van der Waals surface area contributed by atoms with Gasteiger partial charge in [0.05, 0.1) is 42.6 Å². The van der Waals surface area contributed by atoms with Gasteiger partial charge in [0, 0.05) is 18.7 Å². The molecule has 1 fully saturated rings. The van der Waals surface area contributed by atoms with E-state index in [-0.39, 0.29) is 12.5 Å². The number of nitrogens with zero attached hydrogens (tertiary/aromatic N) is 2. The quantitative estimate of drug-likeness (QED) is 0.277. The molecule has 0 atom stereocenters. The number of carbonyl (C=O) groups excluding carboxylic acids is 1. The minimum Gasteiger partial charge on any atom is -0.490 e. The molecule has 0 bridgehead atoms. The molecule has 7 nitrogen and oxygen atoms in total. The number of benzene rings is 2. The Morgan fingerprint density at radius 2 is 2.00 bits per heavy atom. The zero-order chi connectivity index (χ0) is 24.3. The number of allylic oxidation sites excluding steroid dienone is 1. The molecule has 0 radical (unpaired) electrons. The number of hydrogen-bond acceptors (Lipinski definition) is 6. The predicted molar refractivity (Wildman–Crippen MR) is 135 cm³/mol. The Morgan fingerprint density at radius 3 is 2.71 bits per heavy atom. The molecule has 9 heteroatoms. The summed E-state index contributed by atoms with van der Waals surface area (Å²) in [5, 5.41) is 5.09. The third kappa shape index (κ3) is 7.74. The highest BCUT2D eigenvalue weighted by Crippen LogP contribution is 2.34. The van der Waals surface area contributed by atoms with Gasteiger partial charge in [-0.3, -0.25) is 9.69 Å². The number of morpholine rings is 1. The van der Waals surface area contributed by atoms with E-state index in [2.05, 4.69) is 17.1 Å². The van der Waals surface area contributed by atoms with Crippen LogP contribution >= 0.6 is 23.2 Å². The number of hydrazone groups is 1. The van der Waals surface area contributed by atoms with E-state index in [1.54, 1.807) is 24.4 Å². The fraction of sp³-hybridized carbons (Fsp3) is 0.360. The SMILES string of the molecule is C=CCc1cc(/C=N/NC(=O)CN2CCOCC2)cc(OCC)c1OCc1ccc(Cl)c(Cl)c1. The molecule has 1 N–H and O–H groups in total. The highest BCUT2D eigenvalue weighted by Gasteiger charge is 2.15.